The molecule has 0 amide bonds. The lowest BCUT2D eigenvalue weighted by molar-refractivity contribution is -0.145. The van der Waals surface area contributed by atoms with Crippen molar-refractivity contribution in [1.29, 1.82) is 0 Å². The molecule has 0 saturated carbocycles. The molecular formula is C37H64O4. The Morgan fingerprint density at radius 2 is 1.15 bits per heavy atom. The van der Waals surface area contributed by atoms with Crippen molar-refractivity contribution in [2.24, 2.45) is 0 Å². The highest BCUT2D eigenvalue weighted by molar-refractivity contribution is 5.69. The Morgan fingerprint density at radius 1 is 0.610 bits per heavy atom. The summed E-state index contributed by atoms with van der Waals surface area (Å²) in [4.78, 5) is 12.0. The van der Waals surface area contributed by atoms with Crippen molar-refractivity contribution in [3.8, 4) is 5.75 Å². The summed E-state index contributed by atoms with van der Waals surface area (Å²) >= 11 is 0. The van der Waals surface area contributed by atoms with E-state index in [1.54, 1.807) is 0 Å². The summed E-state index contributed by atoms with van der Waals surface area (Å²) in [5.74, 6) is 0.857. The largest absolute Gasteiger partial charge is 0.491 e. The summed E-state index contributed by atoms with van der Waals surface area (Å²) in [6.07, 6.45) is 31.9. The van der Waals surface area contributed by atoms with E-state index in [9.17, 15) is 4.79 Å². The number of benzene rings is 1. The van der Waals surface area contributed by atoms with Gasteiger partial charge in [0.05, 0.1) is 13.2 Å². The molecule has 0 aliphatic heterocycles. The van der Waals surface area contributed by atoms with Gasteiger partial charge >= 0.3 is 5.97 Å². The summed E-state index contributed by atoms with van der Waals surface area (Å²) in [6.45, 7) is 6.28. The summed E-state index contributed by atoms with van der Waals surface area (Å²) in [5, 5.41) is 0. The first kappa shape index (κ1) is 37.2. The molecule has 0 N–H and O–H groups in total. The van der Waals surface area contributed by atoms with Crippen LogP contribution in [0.2, 0.25) is 0 Å². The van der Waals surface area contributed by atoms with Crippen molar-refractivity contribution < 1.29 is 19.0 Å². The number of para-hydroxylation sites is 1. The zero-order valence-electron chi connectivity index (χ0n) is 27.0. The number of unbranched alkanes of at least 4 members (excludes halogenated alkanes) is 17. The van der Waals surface area contributed by atoms with Gasteiger partial charge in [0.2, 0.25) is 0 Å². The lowest BCUT2D eigenvalue weighted by Crippen LogP contribution is -2.14. The third kappa shape index (κ3) is 24.5. The molecule has 0 fully saturated rings. The highest BCUT2D eigenvalue weighted by Crippen LogP contribution is 2.21. The smallest absolute Gasteiger partial charge is 0.305 e. The summed E-state index contributed by atoms with van der Waals surface area (Å²) < 4.78 is 16.9. The minimum atomic E-state index is -0.109. The van der Waals surface area contributed by atoms with Gasteiger partial charge in [-0.2, -0.15) is 0 Å². The second-order valence-corrected chi connectivity index (χ2v) is 11.5. The average Bonchev–Trinajstić information content (AvgIpc) is 2.98. The van der Waals surface area contributed by atoms with E-state index < -0.39 is 0 Å². The minimum Gasteiger partial charge on any atom is -0.491 e. The van der Waals surface area contributed by atoms with E-state index in [4.69, 9.17) is 14.2 Å². The minimum absolute atomic E-state index is 0.109. The summed E-state index contributed by atoms with van der Waals surface area (Å²) in [6, 6.07) is 8.33. The maximum Gasteiger partial charge on any atom is 0.305 e. The third-order valence-corrected chi connectivity index (χ3v) is 7.64. The van der Waals surface area contributed by atoms with E-state index in [1.165, 1.54) is 121 Å². The van der Waals surface area contributed by atoms with Gasteiger partial charge in [0, 0.05) is 6.42 Å². The van der Waals surface area contributed by atoms with Gasteiger partial charge in [-0.1, -0.05) is 134 Å². The molecule has 0 aromatic heterocycles. The number of esters is 1. The maximum atomic E-state index is 12.0. The zero-order valence-corrected chi connectivity index (χ0v) is 27.0. The molecule has 4 heteroatoms. The van der Waals surface area contributed by atoms with Crippen LogP contribution in [0.5, 0.6) is 5.75 Å². The summed E-state index contributed by atoms with van der Waals surface area (Å²) in [5.41, 5.74) is 1.28. The van der Waals surface area contributed by atoms with Crippen LogP contribution in [0, 0.1) is 0 Å². The van der Waals surface area contributed by atoms with Crippen molar-refractivity contribution in [2.45, 2.75) is 155 Å². The molecule has 4 nitrogen and oxygen atoms in total. The molecule has 0 saturated heterocycles. The molecule has 0 aliphatic carbocycles. The molecular weight excluding hydrogens is 508 g/mol. The first-order valence-corrected chi connectivity index (χ1v) is 17.4. The monoisotopic (exact) mass is 572 g/mol. The Bertz CT molecular complexity index is 729. The fourth-order valence-electron chi connectivity index (χ4n) is 5.06. The lowest BCUT2D eigenvalue weighted by atomic mass is 10.0. The molecule has 236 valence electrons. The fraction of sp³-hybridized carbons (Fsp3) is 0.757. The Balaban J connectivity index is 1.91. The molecule has 0 spiro atoms. The van der Waals surface area contributed by atoms with E-state index in [0.29, 0.717) is 32.8 Å². The van der Waals surface area contributed by atoms with Gasteiger partial charge < -0.3 is 14.2 Å². The molecule has 1 rings (SSSR count). The third-order valence-electron chi connectivity index (χ3n) is 7.64. The van der Waals surface area contributed by atoms with Crippen molar-refractivity contribution >= 4 is 5.97 Å². The van der Waals surface area contributed by atoms with Gasteiger partial charge in [0.1, 0.15) is 19.0 Å². The van der Waals surface area contributed by atoms with E-state index in [-0.39, 0.29) is 5.97 Å². The van der Waals surface area contributed by atoms with Gasteiger partial charge in [-0.05, 0) is 56.6 Å². The number of ether oxygens (including phenoxy) is 3. The number of hydrogen-bond acceptors (Lipinski definition) is 4. The second kappa shape index (κ2) is 29.7. The van der Waals surface area contributed by atoms with Gasteiger partial charge in [-0.25, -0.2) is 0 Å². The predicted octanol–water partition coefficient (Wildman–Crippen LogP) is 11.0. The fourth-order valence-corrected chi connectivity index (χ4v) is 5.06. The van der Waals surface area contributed by atoms with Crippen LogP contribution in [0.3, 0.4) is 0 Å². The lowest BCUT2D eigenvalue weighted by Gasteiger charge is -2.12. The highest BCUT2D eigenvalue weighted by Gasteiger charge is 2.05. The van der Waals surface area contributed by atoms with Crippen LogP contribution < -0.4 is 4.74 Å². The Labute approximate surface area is 254 Å². The second-order valence-electron chi connectivity index (χ2n) is 11.5. The van der Waals surface area contributed by atoms with Crippen LogP contribution >= 0.6 is 0 Å². The molecule has 1 aromatic carbocycles. The highest BCUT2D eigenvalue weighted by atomic mass is 16.6. The SMILES string of the molecule is CCCCCCCC/C=C\CCCCCCCC(=O)OCCOCCOc1ccccc1CCCCCCCCC. The number of aryl methyl sites for hydroxylation is 1. The number of carbonyl (C=O) groups excluding carboxylic acids is 1. The maximum absolute atomic E-state index is 12.0. The normalized spacial score (nSPS) is 11.4. The molecule has 0 aliphatic rings. The van der Waals surface area contributed by atoms with E-state index in [2.05, 4.69) is 38.1 Å². The van der Waals surface area contributed by atoms with E-state index >= 15 is 0 Å². The molecule has 0 heterocycles. The standard InChI is InChI=1S/C37H64O4/c1-3-5-7-9-11-12-13-14-15-16-17-18-20-22-24-30-37(38)41-34-32-39-31-33-40-36-29-26-25-28-35(36)27-23-21-19-10-8-6-4-2/h14-15,25-26,28-29H,3-13,16-24,27,30-34H2,1-2H3/b15-14-. The Hall–Kier alpha value is -1.81. The molecule has 0 atom stereocenters. The molecule has 41 heavy (non-hydrogen) atoms. The van der Waals surface area contributed by atoms with Gasteiger partial charge in [0.15, 0.2) is 0 Å². The molecule has 0 radical (unpaired) electrons. The number of hydrogen-bond donors (Lipinski definition) is 0. The molecule has 1 aromatic rings. The van der Waals surface area contributed by atoms with Crippen LogP contribution in [0.4, 0.5) is 0 Å². The first-order chi connectivity index (χ1) is 20.3. The molecule has 0 unspecified atom stereocenters. The number of carbonyl (C=O) groups is 1. The van der Waals surface area contributed by atoms with Crippen LogP contribution in [0.1, 0.15) is 154 Å². The van der Waals surface area contributed by atoms with Gasteiger partial charge in [0.25, 0.3) is 0 Å². The van der Waals surface area contributed by atoms with Crippen molar-refractivity contribution in [3.05, 3.63) is 42.0 Å². The Morgan fingerprint density at radius 3 is 1.80 bits per heavy atom. The van der Waals surface area contributed by atoms with Crippen LogP contribution in [0.25, 0.3) is 0 Å². The van der Waals surface area contributed by atoms with Crippen LogP contribution in [-0.4, -0.2) is 32.4 Å². The zero-order chi connectivity index (χ0) is 29.5. The van der Waals surface area contributed by atoms with Crippen LogP contribution in [0.15, 0.2) is 36.4 Å². The Kier molecular flexibility index (Phi) is 26.9. The van der Waals surface area contributed by atoms with Crippen LogP contribution in [-0.2, 0) is 20.7 Å². The first-order valence-electron chi connectivity index (χ1n) is 17.4. The van der Waals surface area contributed by atoms with E-state index in [1.807, 2.05) is 12.1 Å². The predicted molar refractivity (Wildman–Crippen MR) is 175 cm³/mol. The van der Waals surface area contributed by atoms with E-state index in [0.717, 1.165) is 25.0 Å². The van der Waals surface area contributed by atoms with Gasteiger partial charge in [-0.3, -0.25) is 4.79 Å². The van der Waals surface area contributed by atoms with Crippen molar-refractivity contribution in [3.63, 3.8) is 0 Å². The quantitative estimate of drug-likeness (QED) is 0.0522. The average molecular weight is 573 g/mol. The van der Waals surface area contributed by atoms with Crippen molar-refractivity contribution in [2.75, 3.05) is 26.4 Å². The number of rotatable bonds is 30. The number of allylic oxidation sites excluding steroid dienone is 2. The summed E-state index contributed by atoms with van der Waals surface area (Å²) in [7, 11) is 0. The van der Waals surface area contributed by atoms with Gasteiger partial charge in [-0.15, -0.1) is 0 Å². The molecule has 0 bridgehead atoms. The van der Waals surface area contributed by atoms with Crippen molar-refractivity contribution in [1.82, 2.24) is 0 Å². The topological polar surface area (TPSA) is 44.8 Å².